The van der Waals surface area contributed by atoms with Gasteiger partial charge in [0.15, 0.2) is 0 Å². The first-order valence-electron chi connectivity index (χ1n) is 8.40. The van der Waals surface area contributed by atoms with E-state index >= 15 is 0 Å². The molecular formula is C16H12F6O9PS2+. The average Bonchev–Trinajstić information content (AvgIpc) is 2.72. The summed E-state index contributed by atoms with van der Waals surface area (Å²) in [7, 11) is -13.4. The Kier molecular flexibility index (Phi) is 8.79. The normalized spacial score (nSPS) is 13.1. The second-order valence-electron chi connectivity index (χ2n) is 5.85. The Balaban J connectivity index is 1.93. The number of alkyl halides is 6. The Labute approximate surface area is 189 Å². The van der Waals surface area contributed by atoms with Crippen LogP contribution in [-0.2, 0) is 54.6 Å². The van der Waals surface area contributed by atoms with Gasteiger partial charge in [-0.1, -0.05) is 33.3 Å². The van der Waals surface area contributed by atoms with E-state index in [1.54, 1.807) is 0 Å². The molecule has 2 aromatic carbocycles. The summed E-state index contributed by atoms with van der Waals surface area (Å²) in [4.78, 5) is -2.50. The van der Waals surface area contributed by atoms with Crippen molar-refractivity contribution in [3.8, 4) is 0 Å². The summed E-state index contributed by atoms with van der Waals surface area (Å²) in [6.45, 7) is -2.82. The van der Waals surface area contributed by atoms with Crippen molar-refractivity contribution < 1.29 is 65.2 Å². The molecule has 0 atom stereocenters. The second kappa shape index (κ2) is 10.6. The van der Waals surface area contributed by atoms with E-state index in [0.29, 0.717) is 24.3 Å². The number of halogens is 6. The van der Waals surface area contributed by atoms with Crippen molar-refractivity contribution in [3.63, 3.8) is 0 Å². The summed E-state index contributed by atoms with van der Waals surface area (Å²) in [5, 5.41) is 0. The van der Waals surface area contributed by atoms with Crippen LogP contribution in [0.2, 0.25) is 0 Å². The van der Waals surface area contributed by atoms with Crippen LogP contribution in [0.15, 0.2) is 58.3 Å². The summed E-state index contributed by atoms with van der Waals surface area (Å²) in [6, 6.07) is 6.02. The van der Waals surface area contributed by atoms with Gasteiger partial charge < -0.3 is 0 Å². The molecule has 0 saturated heterocycles. The van der Waals surface area contributed by atoms with Crippen molar-refractivity contribution >= 4 is 28.5 Å². The fraction of sp³-hybridized carbons (Fsp3) is 0.250. The van der Waals surface area contributed by atoms with E-state index in [4.69, 9.17) is 0 Å². The van der Waals surface area contributed by atoms with Crippen LogP contribution in [0.4, 0.5) is 26.3 Å². The minimum Gasteiger partial charge on any atom is -0.232 e. The molecule has 34 heavy (non-hydrogen) atoms. The van der Waals surface area contributed by atoms with Crippen LogP contribution in [0, 0.1) is 0 Å². The maximum atomic E-state index is 12.9. The third kappa shape index (κ3) is 7.43. The molecule has 2 aromatic rings. The molecule has 9 nitrogen and oxygen atoms in total. The van der Waals surface area contributed by atoms with E-state index in [0.717, 1.165) is 24.3 Å². The van der Waals surface area contributed by atoms with E-state index in [-0.39, 0.29) is 0 Å². The highest BCUT2D eigenvalue weighted by Crippen LogP contribution is 2.36. The van der Waals surface area contributed by atoms with Gasteiger partial charge in [0.1, 0.15) is 9.79 Å². The molecule has 0 radical (unpaired) electrons. The van der Waals surface area contributed by atoms with Crippen molar-refractivity contribution in [1.29, 1.82) is 0 Å². The fourth-order valence-corrected chi connectivity index (χ4v) is 4.75. The summed E-state index contributed by atoms with van der Waals surface area (Å²) < 4.78 is 154. The van der Waals surface area contributed by atoms with Crippen molar-refractivity contribution in [2.75, 3.05) is 13.6 Å². The summed E-state index contributed by atoms with van der Waals surface area (Å²) in [5.74, 6) is 0. The molecule has 0 spiro atoms. The number of benzene rings is 2. The zero-order valence-electron chi connectivity index (χ0n) is 16.2. The molecule has 0 bridgehead atoms. The molecule has 0 heterocycles. The van der Waals surface area contributed by atoms with Crippen LogP contribution in [0.3, 0.4) is 0 Å². The molecule has 0 aliphatic rings. The first kappa shape index (κ1) is 28.1. The lowest BCUT2D eigenvalue weighted by atomic mass is 10.2. The van der Waals surface area contributed by atoms with Gasteiger partial charge in [0, 0.05) is 4.57 Å². The van der Waals surface area contributed by atoms with Gasteiger partial charge >= 0.3 is 20.6 Å². The van der Waals surface area contributed by atoms with Crippen molar-refractivity contribution in [2.24, 2.45) is 0 Å². The number of hydrogen-bond donors (Lipinski definition) is 0. The Morgan fingerprint density at radius 2 is 0.971 bits per heavy atom. The highest BCUT2D eigenvalue weighted by molar-refractivity contribution is 7.87. The molecule has 18 heteroatoms. The molecular weight excluding hydrogens is 545 g/mol. The number of hydrogen-bond acceptors (Lipinski definition) is 9. The van der Waals surface area contributed by atoms with Crippen LogP contribution in [0.5, 0.6) is 0 Å². The Bertz CT molecular complexity index is 1150. The van der Waals surface area contributed by atoms with Crippen LogP contribution in [-0.4, -0.2) is 30.4 Å². The zero-order valence-corrected chi connectivity index (χ0v) is 18.8. The van der Waals surface area contributed by atoms with Crippen LogP contribution in [0.1, 0.15) is 11.1 Å². The van der Waals surface area contributed by atoms with Crippen LogP contribution >= 0.6 is 8.25 Å². The molecule has 0 N–H and O–H groups in total. The van der Waals surface area contributed by atoms with E-state index < -0.39 is 75.3 Å². The Morgan fingerprint density at radius 1 is 0.647 bits per heavy atom. The maximum absolute atomic E-state index is 12.9. The Morgan fingerprint density at radius 3 is 1.29 bits per heavy atom. The van der Waals surface area contributed by atoms with E-state index in [1.165, 1.54) is 0 Å². The van der Waals surface area contributed by atoms with Gasteiger partial charge in [-0.15, -0.1) is 0 Å². The monoisotopic (exact) mass is 557 g/mol. The van der Waals surface area contributed by atoms with Crippen molar-refractivity contribution in [2.45, 2.75) is 22.1 Å². The van der Waals surface area contributed by atoms with Gasteiger partial charge in [-0.3, -0.25) is 0 Å². The van der Waals surface area contributed by atoms with E-state index in [2.05, 4.69) is 17.4 Å². The lowest BCUT2D eigenvalue weighted by Gasteiger charge is -2.12. The summed E-state index contributed by atoms with van der Waals surface area (Å²) in [6.07, 6.45) is -10.1. The standard InChI is InChI=1S/C16H12F6O9PS2/c17-15(18,19)11-5-1-3-7-13(11)33(24,25)30-9-28-32(23)29-10-31-34(26,27)14-8-4-2-6-12(14)16(20,21)22/h1-8H,9-10H2/q+1. The third-order valence-corrected chi connectivity index (χ3v) is 6.88. The first-order valence-corrected chi connectivity index (χ1v) is 12.3. The molecule has 2 rings (SSSR count). The molecule has 0 unspecified atom stereocenters. The predicted molar refractivity (Wildman–Crippen MR) is 98.9 cm³/mol. The lowest BCUT2D eigenvalue weighted by Crippen LogP contribution is -2.16. The molecule has 0 aromatic heterocycles. The van der Waals surface area contributed by atoms with Gasteiger partial charge in [-0.2, -0.15) is 43.2 Å². The zero-order chi connectivity index (χ0) is 25.8. The van der Waals surface area contributed by atoms with Gasteiger partial charge in [-0.05, 0) is 24.3 Å². The molecule has 0 saturated carbocycles. The third-order valence-electron chi connectivity index (χ3n) is 3.65. The first-order chi connectivity index (χ1) is 15.6. The van der Waals surface area contributed by atoms with Gasteiger partial charge in [-0.25, -0.2) is 8.37 Å². The highest BCUT2D eigenvalue weighted by Gasteiger charge is 2.39. The smallest absolute Gasteiger partial charge is 0.232 e. The van der Waals surface area contributed by atoms with Gasteiger partial charge in [0.2, 0.25) is 13.6 Å². The second-order valence-corrected chi connectivity index (χ2v) is 9.98. The quantitative estimate of drug-likeness (QED) is 0.181. The predicted octanol–water partition coefficient (Wildman–Crippen LogP) is 4.44. The summed E-state index contributed by atoms with van der Waals surface area (Å²) in [5.41, 5.74) is -3.07. The SMILES string of the molecule is O=[P+](OCOS(=O)(=O)c1ccccc1C(F)(F)F)OCOS(=O)(=O)c1ccccc1C(F)(F)F. The molecule has 0 aliphatic heterocycles. The highest BCUT2D eigenvalue weighted by atomic mass is 32.2. The van der Waals surface area contributed by atoms with Gasteiger partial charge in [0.25, 0.3) is 20.2 Å². The molecule has 0 fully saturated rings. The minimum absolute atomic E-state index is 0.482. The molecule has 0 amide bonds. The van der Waals surface area contributed by atoms with Gasteiger partial charge in [0.05, 0.1) is 11.1 Å². The van der Waals surface area contributed by atoms with Crippen LogP contribution < -0.4 is 0 Å². The van der Waals surface area contributed by atoms with Crippen LogP contribution in [0.25, 0.3) is 0 Å². The maximum Gasteiger partial charge on any atom is 0.702 e. The minimum atomic E-state index is -5.03. The average molecular weight is 557 g/mol. The molecule has 0 aliphatic carbocycles. The van der Waals surface area contributed by atoms with Crippen molar-refractivity contribution in [3.05, 3.63) is 59.7 Å². The summed E-state index contributed by atoms with van der Waals surface area (Å²) >= 11 is 0. The fourth-order valence-electron chi connectivity index (χ4n) is 2.26. The Hall–Kier alpha value is -2.14. The largest absolute Gasteiger partial charge is 0.702 e. The lowest BCUT2D eigenvalue weighted by molar-refractivity contribution is -0.140. The van der Waals surface area contributed by atoms with E-state index in [1.807, 2.05) is 0 Å². The molecule has 188 valence electrons. The van der Waals surface area contributed by atoms with E-state index in [9.17, 15) is 47.7 Å². The topological polar surface area (TPSA) is 122 Å². The number of rotatable bonds is 10. The van der Waals surface area contributed by atoms with Crippen molar-refractivity contribution in [1.82, 2.24) is 0 Å².